The number of amides is 2. The van der Waals surface area contributed by atoms with Gasteiger partial charge in [-0.3, -0.25) is 9.59 Å². The summed E-state index contributed by atoms with van der Waals surface area (Å²) >= 11 is 0. The van der Waals surface area contributed by atoms with Gasteiger partial charge in [0.05, 0.1) is 5.69 Å². The van der Waals surface area contributed by atoms with Gasteiger partial charge < -0.3 is 21.1 Å². The van der Waals surface area contributed by atoms with Gasteiger partial charge in [-0.15, -0.1) is 0 Å². The first kappa shape index (κ1) is 13.9. The van der Waals surface area contributed by atoms with Crippen LogP contribution in [-0.4, -0.2) is 23.5 Å². The van der Waals surface area contributed by atoms with Gasteiger partial charge >= 0.3 is 0 Å². The monoisotopic (exact) mass is 289 g/mol. The lowest BCUT2D eigenvalue weighted by Crippen LogP contribution is -2.48. The lowest BCUT2D eigenvalue weighted by molar-refractivity contribution is -0.122. The van der Waals surface area contributed by atoms with E-state index in [1.807, 2.05) is 0 Å². The highest BCUT2D eigenvalue weighted by Gasteiger charge is 2.34. The summed E-state index contributed by atoms with van der Waals surface area (Å²) in [7, 11) is 0. The summed E-state index contributed by atoms with van der Waals surface area (Å²) < 4.78 is 5.47. The van der Waals surface area contributed by atoms with Crippen LogP contribution in [0.15, 0.2) is 18.2 Å². The van der Waals surface area contributed by atoms with Gasteiger partial charge in [0.2, 0.25) is 5.91 Å². The van der Waals surface area contributed by atoms with Crippen molar-refractivity contribution in [2.75, 3.05) is 10.6 Å². The van der Waals surface area contributed by atoms with Crippen LogP contribution in [0.5, 0.6) is 5.75 Å². The van der Waals surface area contributed by atoms with Crippen LogP contribution in [0.1, 0.15) is 32.6 Å². The van der Waals surface area contributed by atoms with E-state index in [9.17, 15) is 9.59 Å². The van der Waals surface area contributed by atoms with E-state index in [-0.39, 0.29) is 17.4 Å². The summed E-state index contributed by atoms with van der Waals surface area (Å²) in [4.78, 5) is 23.6. The maximum atomic E-state index is 12.0. The van der Waals surface area contributed by atoms with E-state index in [4.69, 9.17) is 10.5 Å². The molecule has 2 aliphatic rings. The molecule has 112 valence electrons. The number of fused-ring (bicyclic) bond motifs is 1. The molecule has 1 fully saturated rings. The van der Waals surface area contributed by atoms with Gasteiger partial charge in [-0.05, 0) is 44.4 Å². The summed E-state index contributed by atoms with van der Waals surface area (Å²) in [6.07, 6.45) is 2.70. The number of hydrogen-bond donors (Lipinski definition) is 3. The average molecular weight is 289 g/mol. The first-order valence-corrected chi connectivity index (χ1v) is 7.16. The van der Waals surface area contributed by atoms with E-state index in [0.717, 1.165) is 19.3 Å². The molecule has 0 bridgehead atoms. The average Bonchev–Trinajstić information content (AvgIpc) is 2.38. The van der Waals surface area contributed by atoms with E-state index in [1.165, 1.54) is 0 Å². The van der Waals surface area contributed by atoms with Crippen molar-refractivity contribution < 1.29 is 14.3 Å². The van der Waals surface area contributed by atoms with Crippen molar-refractivity contribution in [1.29, 1.82) is 0 Å². The quantitative estimate of drug-likeness (QED) is 0.788. The molecular weight excluding hydrogens is 270 g/mol. The minimum Gasteiger partial charge on any atom is -0.479 e. The van der Waals surface area contributed by atoms with E-state index in [0.29, 0.717) is 23.5 Å². The molecule has 1 unspecified atom stereocenters. The Morgan fingerprint density at radius 1 is 1.52 bits per heavy atom. The number of ether oxygens (including phenoxy) is 1. The minimum absolute atomic E-state index is 0.103. The molecule has 0 aromatic heterocycles. The van der Waals surface area contributed by atoms with Crippen LogP contribution in [0.3, 0.4) is 0 Å². The molecule has 6 nitrogen and oxygen atoms in total. The third-order valence-corrected chi connectivity index (χ3v) is 4.06. The van der Waals surface area contributed by atoms with Crippen molar-refractivity contribution in [1.82, 2.24) is 0 Å². The predicted molar refractivity (Wildman–Crippen MR) is 79.2 cm³/mol. The molecule has 1 aromatic rings. The second-order valence-corrected chi connectivity index (χ2v) is 5.90. The second-order valence-electron chi connectivity index (χ2n) is 5.90. The molecule has 4 N–H and O–H groups in total. The summed E-state index contributed by atoms with van der Waals surface area (Å²) in [5, 5.41) is 5.57. The molecule has 1 aliphatic carbocycles. The Labute approximate surface area is 123 Å². The fraction of sp³-hybridized carbons (Fsp3) is 0.467. The minimum atomic E-state index is -0.506. The lowest BCUT2D eigenvalue weighted by Gasteiger charge is -2.37. The molecule has 1 aliphatic heterocycles. The van der Waals surface area contributed by atoms with E-state index < -0.39 is 6.10 Å². The molecule has 0 saturated heterocycles. The molecule has 1 saturated carbocycles. The van der Waals surface area contributed by atoms with Crippen molar-refractivity contribution in [3.05, 3.63) is 18.2 Å². The molecule has 21 heavy (non-hydrogen) atoms. The van der Waals surface area contributed by atoms with Crippen LogP contribution in [-0.2, 0) is 9.59 Å². The number of carbonyl (C=O) groups excluding carboxylic acids is 2. The maximum Gasteiger partial charge on any atom is 0.265 e. The fourth-order valence-electron chi connectivity index (χ4n) is 2.62. The molecule has 0 spiro atoms. The van der Waals surface area contributed by atoms with Gasteiger partial charge in [-0.25, -0.2) is 0 Å². The molecule has 2 amide bonds. The summed E-state index contributed by atoms with van der Waals surface area (Å²) in [6, 6.07) is 5.19. The third kappa shape index (κ3) is 2.85. The molecule has 1 atom stereocenters. The van der Waals surface area contributed by atoms with Gasteiger partial charge in [0.1, 0.15) is 5.75 Å². The Balaban J connectivity index is 1.68. The SMILES string of the molecule is CC1Oc2ccc(NC(=O)CC3(N)CCC3)cc2NC1=O. The van der Waals surface area contributed by atoms with Crippen molar-refractivity contribution in [3.8, 4) is 5.75 Å². The number of benzene rings is 1. The van der Waals surface area contributed by atoms with Crippen LogP contribution in [0.25, 0.3) is 0 Å². The van der Waals surface area contributed by atoms with Gasteiger partial charge in [-0.1, -0.05) is 0 Å². The summed E-state index contributed by atoms with van der Waals surface area (Å²) in [5.41, 5.74) is 6.92. The Morgan fingerprint density at radius 2 is 2.29 bits per heavy atom. The third-order valence-electron chi connectivity index (χ3n) is 4.06. The molecule has 3 rings (SSSR count). The largest absolute Gasteiger partial charge is 0.479 e. The molecular formula is C15H19N3O3. The fourth-order valence-corrected chi connectivity index (χ4v) is 2.62. The van der Waals surface area contributed by atoms with E-state index >= 15 is 0 Å². The standard InChI is InChI=1S/C15H19N3O3/c1-9-14(20)18-11-7-10(3-4-12(11)21-9)17-13(19)8-15(16)5-2-6-15/h3-4,7,9H,2,5-6,8,16H2,1H3,(H,17,19)(H,18,20). The number of carbonyl (C=O) groups is 2. The van der Waals surface area contributed by atoms with Gasteiger partial charge in [0.25, 0.3) is 5.91 Å². The predicted octanol–water partition coefficient (Wildman–Crippen LogP) is 1.62. The highest BCUT2D eigenvalue weighted by Crippen LogP contribution is 2.34. The van der Waals surface area contributed by atoms with E-state index in [1.54, 1.807) is 25.1 Å². The van der Waals surface area contributed by atoms with Crippen LogP contribution in [0.4, 0.5) is 11.4 Å². The molecule has 0 radical (unpaired) electrons. The molecule has 1 aromatic carbocycles. The maximum absolute atomic E-state index is 12.0. The zero-order valence-corrected chi connectivity index (χ0v) is 11.9. The number of anilines is 2. The first-order valence-electron chi connectivity index (χ1n) is 7.16. The van der Waals surface area contributed by atoms with Crippen molar-refractivity contribution in [3.63, 3.8) is 0 Å². The van der Waals surface area contributed by atoms with Gasteiger partial charge in [-0.2, -0.15) is 0 Å². The topological polar surface area (TPSA) is 93.4 Å². The first-order chi connectivity index (χ1) is 9.95. The smallest absolute Gasteiger partial charge is 0.265 e. The number of rotatable bonds is 3. The van der Waals surface area contributed by atoms with Crippen LogP contribution < -0.4 is 21.1 Å². The Bertz CT molecular complexity index is 596. The van der Waals surface area contributed by atoms with Crippen LogP contribution in [0, 0.1) is 0 Å². The second kappa shape index (κ2) is 5.04. The van der Waals surface area contributed by atoms with E-state index in [2.05, 4.69) is 10.6 Å². The van der Waals surface area contributed by atoms with Gasteiger partial charge in [0.15, 0.2) is 6.10 Å². The Morgan fingerprint density at radius 3 is 2.95 bits per heavy atom. The van der Waals surface area contributed by atoms with Crippen molar-refractivity contribution in [2.45, 2.75) is 44.2 Å². The normalized spacial score (nSPS) is 22.4. The van der Waals surface area contributed by atoms with Gasteiger partial charge in [0, 0.05) is 17.6 Å². The number of nitrogens with two attached hydrogens (primary N) is 1. The Hall–Kier alpha value is -2.08. The summed E-state index contributed by atoms with van der Waals surface area (Å²) in [6.45, 7) is 1.69. The van der Waals surface area contributed by atoms with Crippen LogP contribution >= 0.6 is 0 Å². The molecule has 1 heterocycles. The zero-order valence-electron chi connectivity index (χ0n) is 11.9. The Kier molecular flexibility index (Phi) is 3.33. The molecule has 6 heteroatoms. The number of nitrogens with one attached hydrogen (secondary N) is 2. The lowest BCUT2D eigenvalue weighted by atomic mass is 9.75. The van der Waals surface area contributed by atoms with Crippen molar-refractivity contribution in [2.24, 2.45) is 5.73 Å². The number of hydrogen-bond acceptors (Lipinski definition) is 4. The van der Waals surface area contributed by atoms with Crippen molar-refractivity contribution >= 4 is 23.2 Å². The highest BCUT2D eigenvalue weighted by atomic mass is 16.5. The van der Waals surface area contributed by atoms with Crippen LogP contribution in [0.2, 0.25) is 0 Å². The zero-order chi connectivity index (χ0) is 15.0. The highest BCUT2D eigenvalue weighted by molar-refractivity contribution is 5.99. The summed E-state index contributed by atoms with van der Waals surface area (Å²) in [5.74, 6) is 0.310.